The number of benzene rings is 1. The number of nitrogens with zero attached hydrogens (tertiary/aromatic N) is 3. The van der Waals surface area contributed by atoms with Gasteiger partial charge in [0.15, 0.2) is 0 Å². The monoisotopic (exact) mass is 538 g/mol. The van der Waals surface area contributed by atoms with Gasteiger partial charge in [-0.2, -0.15) is 0 Å². The number of carbonyl (C=O) groups excluding carboxylic acids is 1. The van der Waals surface area contributed by atoms with Crippen LogP contribution in [0.1, 0.15) is 58.6 Å². The first kappa shape index (κ1) is 28.3. The zero-order valence-electron chi connectivity index (χ0n) is 21.6. The minimum Gasteiger partial charge on any atom is -0.491 e. The van der Waals surface area contributed by atoms with Crippen molar-refractivity contribution in [2.24, 2.45) is 0 Å². The maximum absolute atomic E-state index is 12.4. The standard InChI is InChI=1S/C26H36Cl2N4O4/c1-6-34-23(33)14-22-24(27)30-26(28)31-25(22)32(19-7-9-29-10-8-19)15-18-11-20(35-16(2)3)13-21(12-18)36-17(4)5/h11-13,16-17,19,29H,6-10,14-15H2,1-5H3. The molecule has 1 saturated heterocycles. The fourth-order valence-corrected chi connectivity index (χ4v) is 4.70. The van der Waals surface area contributed by atoms with E-state index >= 15 is 0 Å². The Morgan fingerprint density at radius 1 is 1.06 bits per heavy atom. The Morgan fingerprint density at radius 2 is 1.67 bits per heavy atom. The highest BCUT2D eigenvalue weighted by Gasteiger charge is 2.28. The van der Waals surface area contributed by atoms with Crippen molar-refractivity contribution in [2.75, 3.05) is 24.6 Å². The lowest BCUT2D eigenvalue weighted by atomic mass is 10.0. The summed E-state index contributed by atoms with van der Waals surface area (Å²) in [5.41, 5.74) is 1.49. The number of piperidine rings is 1. The molecule has 1 aliphatic heterocycles. The first-order valence-corrected chi connectivity index (χ1v) is 13.2. The first-order chi connectivity index (χ1) is 17.2. The summed E-state index contributed by atoms with van der Waals surface area (Å²) in [5, 5.41) is 3.59. The highest BCUT2D eigenvalue weighted by molar-refractivity contribution is 6.32. The van der Waals surface area contributed by atoms with Crippen LogP contribution in [0.4, 0.5) is 5.82 Å². The van der Waals surface area contributed by atoms with Gasteiger partial charge in [0.05, 0.1) is 25.2 Å². The second kappa shape index (κ2) is 13.3. The second-order valence-electron chi connectivity index (χ2n) is 9.32. The Hall–Kier alpha value is -2.29. The average Bonchev–Trinajstić information content (AvgIpc) is 2.79. The molecule has 2 aromatic rings. The van der Waals surface area contributed by atoms with Gasteiger partial charge in [-0.1, -0.05) is 11.6 Å². The number of halogens is 2. The quantitative estimate of drug-likeness (QED) is 0.236. The summed E-state index contributed by atoms with van der Waals surface area (Å²) in [6, 6.07) is 6.08. The van der Waals surface area contributed by atoms with Gasteiger partial charge in [0, 0.05) is 24.2 Å². The van der Waals surface area contributed by atoms with Gasteiger partial charge in [-0.3, -0.25) is 4.79 Å². The minimum absolute atomic E-state index is 0.0170. The molecule has 3 rings (SSSR count). The van der Waals surface area contributed by atoms with Gasteiger partial charge in [0.2, 0.25) is 5.28 Å². The number of anilines is 1. The van der Waals surface area contributed by atoms with E-state index in [0.717, 1.165) is 43.0 Å². The van der Waals surface area contributed by atoms with E-state index < -0.39 is 5.97 Å². The lowest BCUT2D eigenvalue weighted by Crippen LogP contribution is -2.44. The van der Waals surface area contributed by atoms with Crippen molar-refractivity contribution in [3.05, 3.63) is 39.8 Å². The summed E-state index contributed by atoms with van der Waals surface area (Å²) in [5.74, 6) is 1.61. The summed E-state index contributed by atoms with van der Waals surface area (Å²) in [4.78, 5) is 23.3. The zero-order chi connectivity index (χ0) is 26.2. The van der Waals surface area contributed by atoms with Gasteiger partial charge in [-0.25, -0.2) is 9.97 Å². The largest absolute Gasteiger partial charge is 0.491 e. The molecule has 1 fully saturated rings. The molecule has 1 aliphatic rings. The number of nitrogens with one attached hydrogen (secondary N) is 1. The fourth-order valence-electron chi connectivity index (χ4n) is 4.26. The van der Waals surface area contributed by atoms with E-state index in [1.54, 1.807) is 6.92 Å². The van der Waals surface area contributed by atoms with E-state index in [0.29, 0.717) is 17.9 Å². The van der Waals surface area contributed by atoms with Crippen molar-refractivity contribution in [1.82, 2.24) is 15.3 Å². The maximum Gasteiger partial charge on any atom is 0.310 e. The van der Waals surface area contributed by atoms with Crippen LogP contribution in [0.2, 0.25) is 10.4 Å². The number of hydrogen-bond acceptors (Lipinski definition) is 8. The number of aromatic nitrogens is 2. The summed E-state index contributed by atoms with van der Waals surface area (Å²) < 4.78 is 17.2. The molecule has 1 aromatic heterocycles. The van der Waals surface area contributed by atoms with Gasteiger partial charge >= 0.3 is 5.97 Å². The molecule has 0 amide bonds. The van der Waals surface area contributed by atoms with Gasteiger partial charge in [-0.05, 0) is 89.8 Å². The predicted molar refractivity (Wildman–Crippen MR) is 142 cm³/mol. The van der Waals surface area contributed by atoms with Gasteiger partial charge in [0.25, 0.3) is 0 Å². The topological polar surface area (TPSA) is 85.8 Å². The summed E-state index contributed by atoms with van der Waals surface area (Å²) >= 11 is 12.8. The number of ether oxygens (including phenoxy) is 3. The Labute approximate surface area is 223 Å². The fraction of sp³-hybridized carbons (Fsp3) is 0.577. The molecular weight excluding hydrogens is 503 g/mol. The van der Waals surface area contributed by atoms with Crippen LogP contribution in [0, 0.1) is 0 Å². The van der Waals surface area contributed by atoms with Crippen molar-refractivity contribution in [2.45, 2.75) is 78.7 Å². The van der Waals surface area contributed by atoms with Crippen LogP contribution in [0.25, 0.3) is 0 Å². The van der Waals surface area contributed by atoms with Crippen molar-refractivity contribution >= 4 is 35.0 Å². The molecule has 0 spiro atoms. The van der Waals surface area contributed by atoms with Crippen LogP contribution in [0.15, 0.2) is 18.2 Å². The van der Waals surface area contributed by atoms with Crippen molar-refractivity contribution < 1.29 is 19.0 Å². The van der Waals surface area contributed by atoms with E-state index in [4.69, 9.17) is 37.4 Å². The van der Waals surface area contributed by atoms with E-state index in [1.165, 1.54) is 0 Å². The highest BCUT2D eigenvalue weighted by atomic mass is 35.5. The zero-order valence-corrected chi connectivity index (χ0v) is 23.2. The Kier molecular flexibility index (Phi) is 10.5. The van der Waals surface area contributed by atoms with E-state index in [9.17, 15) is 4.79 Å². The van der Waals surface area contributed by atoms with Gasteiger partial charge < -0.3 is 24.4 Å². The van der Waals surface area contributed by atoms with Crippen molar-refractivity contribution in [1.29, 1.82) is 0 Å². The van der Waals surface area contributed by atoms with Crippen LogP contribution >= 0.6 is 23.2 Å². The molecule has 0 bridgehead atoms. The third-order valence-corrected chi connectivity index (χ3v) is 6.07. The molecule has 1 aromatic carbocycles. The lowest BCUT2D eigenvalue weighted by Gasteiger charge is -2.37. The van der Waals surface area contributed by atoms with E-state index in [-0.39, 0.29) is 41.7 Å². The van der Waals surface area contributed by atoms with Gasteiger partial charge in [0.1, 0.15) is 22.5 Å². The molecule has 10 heteroatoms. The van der Waals surface area contributed by atoms with Crippen LogP contribution in [-0.4, -0.2) is 53.9 Å². The normalized spacial score (nSPS) is 14.2. The average molecular weight is 540 g/mol. The number of esters is 1. The predicted octanol–water partition coefficient (Wildman–Crippen LogP) is 5.22. The van der Waals surface area contributed by atoms with Crippen LogP contribution in [0.5, 0.6) is 11.5 Å². The van der Waals surface area contributed by atoms with Gasteiger partial charge in [-0.15, -0.1) is 0 Å². The SMILES string of the molecule is CCOC(=O)Cc1c(Cl)nc(Cl)nc1N(Cc1cc(OC(C)C)cc(OC(C)C)c1)C1CCNCC1. The van der Waals surface area contributed by atoms with Crippen molar-refractivity contribution in [3.8, 4) is 11.5 Å². The van der Waals surface area contributed by atoms with Crippen LogP contribution in [0.3, 0.4) is 0 Å². The first-order valence-electron chi connectivity index (χ1n) is 12.5. The number of hydrogen-bond donors (Lipinski definition) is 1. The second-order valence-corrected chi connectivity index (χ2v) is 10.0. The van der Waals surface area contributed by atoms with E-state index in [1.807, 2.05) is 45.9 Å². The molecule has 2 heterocycles. The molecule has 1 N–H and O–H groups in total. The third kappa shape index (κ3) is 8.11. The summed E-state index contributed by atoms with van der Waals surface area (Å²) in [6.45, 7) is 12.2. The lowest BCUT2D eigenvalue weighted by molar-refractivity contribution is -0.142. The Morgan fingerprint density at radius 3 is 2.22 bits per heavy atom. The van der Waals surface area contributed by atoms with E-state index in [2.05, 4.69) is 20.2 Å². The molecule has 36 heavy (non-hydrogen) atoms. The smallest absolute Gasteiger partial charge is 0.310 e. The number of rotatable bonds is 11. The highest BCUT2D eigenvalue weighted by Crippen LogP contribution is 2.33. The maximum atomic E-state index is 12.4. The molecule has 198 valence electrons. The molecule has 0 aliphatic carbocycles. The minimum atomic E-state index is -0.392. The molecule has 0 atom stereocenters. The molecule has 0 unspecified atom stereocenters. The molecular formula is C26H36Cl2N4O4. The van der Waals surface area contributed by atoms with Crippen LogP contribution in [-0.2, 0) is 22.5 Å². The third-order valence-electron chi connectivity index (χ3n) is 5.59. The molecule has 0 radical (unpaired) electrons. The van der Waals surface area contributed by atoms with Crippen LogP contribution < -0.4 is 19.7 Å². The molecule has 0 saturated carbocycles. The summed E-state index contributed by atoms with van der Waals surface area (Å²) in [7, 11) is 0. The molecule has 8 nitrogen and oxygen atoms in total. The Balaban J connectivity index is 2.07. The Bertz CT molecular complexity index is 1000. The van der Waals surface area contributed by atoms with Crippen molar-refractivity contribution in [3.63, 3.8) is 0 Å². The summed E-state index contributed by atoms with van der Waals surface area (Å²) in [6.07, 6.45) is 1.79. The number of carbonyl (C=O) groups is 1.